The lowest BCUT2D eigenvalue weighted by atomic mass is 9.56. The van der Waals surface area contributed by atoms with Crippen LogP contribution < -0.4 is 9.47 Å². The molecule has 6 unspecified atom stereocenters. The van der Waals surface area contributed by atoms with E-state index in [4.69, 9.17) is 24.2 Å². The first-order chi connectivity index (χ1) is 22.2. The van der Waals surface area contributed by atoms with Gasteiger partial charge >= 0.3 is 0 Å². The van der Waals surface area contributed by atoms with E-state index in [1.165, 1.54) is 0 Å². The zero-order valence-electron chi connectivity index (χ0n) is 28.4. The van der Waals surface area contributed by atoms with Crippen molar-refractivity contribution in [1.29, 1.82) is 0 Å². The van der Waals surface area contributed by atoms with Crippen LogP contribution in [-0.4, -0.2) is 89.3 Å². The number of rotatable bonds is 18. The second kappa shape index (κ2) is 15.9. The van der Waals surface area contributed by atoms with Crippen molar-refractivity contribution in [3.8, 4) is 11.5 Å². The van der Waals surface area contributed by atoms with Gasteiger partial charge in [-0.2, -0.15) is 11.8 Å². The maximum atomic E-state index is 9.77. The Morgan fingerprint density at radius 1 is 1.13 bits per heavy atom. The van der Waals surface area contributed by atoms with Crippen LogP contribution in [0.3, 0.4) is 0 Å². The van der Waals surface area contributed by atoms with Crippen LogP contribution in [0.2, 0.25) is 0 Å². The summed E-state index contributed by atoms with van der Waals surface area (Å²) >= 11 is 1.86. The average molecular weight is 657 g/mol. The van der Waals surface area contributed by atoms with E-state index < -0.39 is 11.4 Å². The molecule has 2 N–H and O–H groups in total. The predicted molar refractivity (Wildman–Crippen MR) is 186 cm³/mol. The number of nitrogens with zero attached hydrogens (tertiary/aromatic N) is 2. The molecule has 1 saturated heterocycles. The number of hydrogen-bond donors (Lipinski definition) is 2. The van der Waals surface area contributed by atoms with Gasteiger partial charge in [0.1, 0.15) is 23.7 Å². The number of fused-ring (bicyclic) bond motifs is 2. The van der Waals surface area contributed by atoms with E-state index in [0.29, 0.717) is 19.6 Å². The van der Waals surface area contributed by atoms with Gasteiger partial charge in [0.15, 0.2) is 0 Å². The van der Waals surface area contributed by atoms with E-state index >= 15 is 0 Å². The van der Waals surface area contributed by atoms with Crippen molar-refractivity contribution in [3.05, 3.63) is 48.1 Å². The van der Waals surface area contributed by atoms with Gasteiger partial charge in [-0.15, -0.1) is 6.58 Å². The molecule has 256 valence electrons. The molecule has 0 aromatic heterocycles. The van der Waals surface area contributed by atoms with Crippen molar-refractivity contribution in [3.63, 3.8) is 0 Å². The summed E-state index contributed by atoms with van der Waals surface area (Å²) < 4.78 is 20.4. The number of oxime groups is 1. The van der Waals surface area contributed by atoms with Crippen molar-refractivity contribution < 1.29 is 29.3 Å². The Labute approximate surface area is 280 Å². The largest absolute Gasteiger partial charge is 0.492 e. The van der Waals surface area contributed by atoms with Crippen molar-refractivity contribution in [1.82, 2.24) is 4.90 Å². The smallest absolute Gasteiger partial charge is 0.230 e. The molecule has 2 aliphatic heterocycles. The summed E-state index contributed by atoms with van der Waals surface area (Å²) in [5.41, 5.74) is 2.89. The lowest BCUT2D eigenvalue weighted by molar-refractivity contribution is -0.223. The molecule has 0 spiro atoms. The highest BCUT2D eigenvalue weighted by atomic mass is 32.2. The molecular formula is C37H56N2O6S. The maximum absolute atomic E-state index is 9.77. The van der Waals surface area contributed by atoms with Crippen molar-refractivity contribution >= 4 is 17.5 Å². The Balaban J connectivity index is 1.67. The number of ether oxygens (including phenoxy) is 3. The highest BCUT2D eigenvalue weighted by Gasteiger charge is 2.63. The lowest BCUT2D eigenvalue weighted by Crippen LogP contribution is -2.64. The number of thioether (sulfide) groups is 1. The van der Waals surface area contributed by atoms with Crippen LogP contribution in [0.4, 0.5) is 0 Å². The number of benzene rings is 1. The normalized spacial score (nSPS) is 29.4. The summed E-state index contributed by atoms with van der Waals surface area (Å²) in [4.78, 5) is 8.50. The Hall–Kier alpha value is -2.04. The zero-order chi connectivity index (χ0) is 32.7. The fourth-order valence-electron chi connectivity index (χ4n) is 7.55. The van der Waals surface area contributed by atoms with Crippen LogP contribution in [0.15, 0.2) is 47.7 Å². The Morgan fingerprint density at radius 3 is 2.57 bits per heavy atom. The third kappa shape index (κ3) is 8.15. The number of aliphatic hydroxyl groups is 2. The fraction of sp³-hybridized carbons (Fsp3) is 0.703. The average Bonchev–Trinajstić information content (AvgIpc) is 3.86. The standard InChI is InChI=1S/C37H56N2O6S/c1-6-21-43-37-33(46-7-2)25-31(38-45-36(3,4)5)29-23-26(12-8-10-19-40)28(13-9-11-20-41)34(35(29)37)30-24-27(14-15-32(30)44-37)42-22-18-39-16-17-39/h6,14-15,23-24,26,28,33-35,40-41H,1,7-13,16-22,25H2,2-5H3. The minimum atomic E-state index is -0.911. The van der Waals surface area contributed by atoms with Crippen molar-refractivity contribution in [2.24, 2.45) is 22.9 Å². The van der Waals surface area contributed by atoms with Gasteiger partial charge in [0.2, 0.25) is 5.79 Å². The lowest BCUT2D eigenvalue weighted by Gasteiger charge is -2.58. The molecule has 0 radical (unpaired) electrons. The summed E-state index contributed by atoms with van der Waals surface area (Å²) in [6, 6.07) is 6.34. The second-order valence-electron chi connectivity index (χ2n) is 14.1. The van der Waals surface area contributed by atoms with Crippen LogP contribution in [0.1, 0.15) is 84.1 Å². The van der Waals surface area contributed by atoms with Gasteiger partial charge in [-0.05, 0) is 87.8 Å². The third-order valence-corrected chi connectivity index (χ3v) is 10.9. The van der Waals surface area contributed by atoms with Crippen molar-refractivity contribution in [2.45, 2.75) is 95.2 Å². The molecule has 1 saturated carbocycles. The third-order valence-electron chi connectivity index (χ3n) is 9.63. The van der Waals surface area contributed by atoms with Gasteiger partial charge in [-0.25, -0.2) is 0 Å². The molecule has 2 heterocycles. The van der Waals surface area contributed by atoms with Gasteiger partial charge in [0, 0.05) is 50.8 Å². The summed E-state index contributed by atoms with van der Waals surface area (Å²) in [5, 5.41) is 24.3. The van der Waals surface area contributed by atoms with E-state index in [1.54, 1.807) is 0 Å². The number of allylic oxidation sites excluding steroid dienone is 1. The van der Waals surface area contributed by atoms with Gasteiger partial charge in [0.05, 0.1) is 23.5 Å². The van der Waals surface area contributed by atoms with Gasteiger partial charge in [-0.3, -0.25) is 4.90 Å². The van der Waals surface area contributed by atoms with Gasteiger partial charge in [-0.1, -0.05) is 37.1 Å². The number of aliphatic hydroxyl groups excluding tert-OH is 2. The maximum Gasteiger partial charge on any atom is 0.230 e. The first kappa shape index (κ1) is 35.3. The molecule has 1 aromatic carbocycles. The first-order valence-electron chi connectivity index (χ1n) is 17.5. The SMILES string of the molecule is C=CCOC12Oc3ccc(OCCN4CC4)cc3C3C(CCCCO)C(CCCCO)C=C(C(=NOC(C)(C)C)CC1SCC)C32. The molecule has 8 nitrogen and oxygen atoms in total. The predicted octanol–water partition coefficient (Wildman–Crippen LogP) is 6.57. The summed E-state index contributed by atoms with van der Waals surface area (Å²) in [7, 11) is 0. The highest BCUT2D eigenvalue weighted by molar-refractivity contribution is 8.00. The van der Waals surface area contributed by atoms with Crippen LogP contribution in [0.5, 0.6) is 11.5 Å². The molecule has 0 bridgehead atoms. The quantitative estimate of drug-likeness (QED) is 0.0794. The number of hydrogen-bond acceptors (Lipinski definition) is 9. The molecule has 46 heavy (non-hydrogen) atoms. The van der Waals surface area contributed by atoms with E-state index in [1.807, 2.05) is 44.7 Å². The topological polar surface area (TPSA) is 92.8 Å². The van der Waals surface area contributed by atoms with Crippen LogP contribution in [0, 0.1) is 17.8 Å². The van der Waals surface area contributed by atoms with E-state index in [0.717, 1.165) is 92.3 Å². The molecular weight excluding hydrogens is 600 g/mol. The first-order valence-corrected chi connectivity index (χ1v) is 18.5. The van der Waals surface area contributed by atoms with Crippen LogP contribution in [-0.2, 0) is 9.57 Å². The second-order valence-corrected chi connectivity index (χ2v) is 15.6. The monoisotopic (exact) mass is 656 g/mol. The minimum absolute atomic E-state index is 0.00915. The molecule has 5 rings (SSSR count). The molecule has 6 atom stereocenters. The van der Waals surface area contributed by atoms with Gasteiger partial charge < -0.3 is 29.3 Å². The molecule has 2 fully saturated rings. The Bertz CT molecular complexity index is 1230. The molecule has 4 aliphatic rings. The van der Waals surface area contributed by atoms with Crippen molar-refractivity contribution in [2.75, 3.05) is 51.8 Å². The fourth-order valence-corrected chi connectivity index (χ4v) is 8.72. The molecule has 9 heteroatoms. The van der Waals surface area contributed by atoms with E-state index in [-0.39, 0.29) is 42.1 Å². The van der Waals surface area contributed by atoms with E-state index in [2.05, 4.69) is 36.6 Å². The summed E-state index contributed by atoms with van der Waals surface area (Å²) in [6.45, 7) is 16.9. The van der Waals surface area contributed by atoms with Crippen LogP contribution >= 0.6 is 11.8 Å². The molecule has 2 aliphatic carbocycles. The zero-order valence-corrected chi connectivity index (χ0v) is 29.2. The van der Waals surface area contributed by atoms with Crippen LogP contribution in [0.25, 0.3) is 0 Å². The molecule has 0 amide bonds. The number of unbranched alkanes of at least 4 members (excludes halogenated alkanes) is 2. The van der Waals surface area contributed by atoms with E-state index in [9.17, 15) is 10.2 Å². The molecule has 1 aromatic rings. The summed E-state index contributed by atoms with van der Waals surface area (Å²) in [6.07, 6.45) is 10.3. The highest BCUT2D eigenvalue weighted by Crippen LogP contribution is 2.62. The minimum Gasteiger partial charge on any atom is -0.492 e. The Kier molecular flexibility index (Phi) is 12.2. The summed E-state index contributed by atoms with van der Waals surface area (Å²) in [5.74, 6) is 2.26. The Morgan fingerprint density at radius 2 is 1.89 bits per heavy atom. The van der Waals surface area contributed by atoms with Gasteiger partial charge in [0.25, 0.3) is 0 Å².